The minimum absolute atomic E-state index is 0. The number of carbonyl (C=O) groups excluding carboxylic acids is 2. The molecule has 0 spiro atoms. The summed E-state index contributed by atoms with van der Waals surface area (Å²) in [6.45, 7) is 12.4. The van der Waals surface area contributed by atoms with E-state index >= 15 is 0 Å². The smallest absolute Gasteiger partial charge is 0.664 e. The number of hydrogen-bond donors (Lipinski definition) is 0. The van der Waals surface area contributed by atoms with Gasteiger partial charge < -0.3 is 25.0 Å². The second kappa shape index (κ2) is 9.75. The summed E-state index contributed by atoms with van der Waals surface area (Å²) < 4.78 is 5.07. The molecule has 0 N–H and O–H groups in total. The molecule has 0 unspecified atom stereocenters. The van der Waals surface area contributed by atoms with Crippen LogP contribution in [-0.2, 0) is 16.0 Å². The van der Waals surface area contributed by atoms with Crippen molar-refractivity contribution >= 4 is 58.6 Å². The van der Waals surface area contributed by atoms with Crippen LogP contribution in [-0.4, -0.2) is 41.9 Å². The van der Waals surface area contributed by atoms with E-state index in [-0.39, 0.29) is 34.8 Å². The number of ether oxygens (including phenoxy) is 1. The third-order valence-electron chi connectivity index (χ3n) is 8.44. The monoisotopic (exact) mass is 530 g/mol. The van der Waals surface area contributed by atoms with Gasteiger partial charge in [0.1, 0.15) is 5.92 Å². The van der Waals surface area contributed by atoms with Crippen LogP contribution in [0.3, 0.4) is 0 Å². The second-order valence-electron chi connectivity index (χ2n) is 10.6. The molecule has 1 aliphatic carbocycles. The zero-order valence-electron chi connectivity index (χ0n) is 23.5. The average Bonchev–Trinajstić information content (AvgIpc) is 3.63. The largest absolute Gasteiger partial charge is 2.00 e. The number of esters is 1. The first-order valence-electron chi connectivity index (χ1n) is 13.1. The molecule has 1 fully saturated rings. The predicted molar refractivity (Wildman–Crippen MR) is 152 cm³/mol. The topological polar surface area (TPSA) is 99.8 Å². The summed E-state index contributed by atoms with van der Waals surface area (Å²) in [4.78, 5) is 41.4. The van der Waals surface area contributed by atoms with Crippen molar-refractivity contribution in [2.45, 2.75) is 54.4 Å². The van der Waals surface area contributed by atoms with Gasteiger partial charge in [0.15, 0.2) is 5.78 Å². The van der Waals surface area contributed by atoms with Crippen LogP contribution in [0, 0.1) is 39.5 Å². The maximum Gasteiger partial charge on any atom is 2.00 e. The zero-order chi connectivity index (χ0) is 27.0. The van der Waals surface area contributed by atoms with Crippen molar-refractivity contribution in [2.24, 2.45) is 11.8 Å². The number of hydrogen-bond acceptors (Lipinski definition) is 3. The molecule has 39 heavy (non-hydrogen) atoms. The summed E-state index contributed by atoms with van der Waals surface area (Å²) in [5.74, 6) is -1.80. The van der Waals surface area contributed by atoms with Gasteiger partial charge in [-0.15, -0.1) is 33.5 Å². The Morgan fingerprint density at radius 3 is 2.23 bits per heavy atom. The molecular formula is C31H30MgN4O3-2. The third kappa shape index (κ3) is 3.99. The van der Waals surface area contributed by atoms with E-state index in [1.165, 1.54) is 7.11 Å². The summed E-state index contributed by atoms with van der Waals surface area (Å²) in [7, 11) is 1.31. The molecule has 5 heterocycles. The molecule has 0 amide bonds. The predicted octanol–water partition coefficient (Wildman–Crippen LogP) is 3.10. The van der Waals surface area contributed by atoms with Crippen LogP contribution in [0.2, 0.25) is 0 Å². The van der Waals surface area contributed by atoms with Crippen LogP contribution in [0.4, 0.5) is 0 Å². The van der Waals surface area contributed by atoms with Crippen LogP contribution >= 0.6 is 0 Å². The Hall–Kier alpha value is -3.23. The summed E-state index contributed by atoms with van der Waals surface area (Å²) in [6, 6.07) is 0. The fraction of sp³-hybridized carbons (Fsp3) is 0.355. The molecule has 8 heteroatoms. The molecule has 1 saturated heterocycles. The quantitative estimate of drug-likeness (QED) is 0.287. The average molecular weight is 531 g/mol. The Balaban J connectivity index is 0.00000308. The number of Topliss-reactive ketones (excluding diaryl/α,β-unsaturated/α-hetero) is 1. The number of aromatic nitrogens is 3. The summed E-state index contributed by atoms with van der Waals surface area (Å²) in [6.07, 6.45) is 7.49. The molecule has 0 saturated carbocycles. The number of allylic oxidation sites excluding steroid dienone is 2. The van der Waals surface area contributed by atoms with E-state index in [1.807, 2.05) is 19.1 Å². The van der Waals surface area contributed by atoms with Crippen molar-refractivity contribution in [2.75, 3.05) is 7.11 Å². The SMILES string of the molecule is CCc1c(C)/c2[n-]/c1=C\c1[n-]c3c(c1C)C(=O)[C@H](C(=O)OC)/C3=C1\C[C@H](C)/C(=C/c3[n-]c(c(C)c3C)\C=2)[N-]1.[Mg+2]. The Kier molecular flexibility index (Phi) is 6.83. The number of ketones is 1. The van der Waals surface area contributed by atoms with Gasteiger partial charge in [-0.3, -0.25) is 9.59 Å². The Morgan fingerprint density at radius 1 is 0.923 bits per heavy atom. The minimum atomic E-state index is -1.05. The molecule has 8 bridgehead atoms. The number of nitrogens with zero attached hydrogens (tertiary/aromatic N) is 4. The molecule has 3 aromatic rings. The van der Waals surface area contributed by atoms with Crippen molar-refractivity contribution in [3.63, 3.8) is 0 Å². The van der Waals surface area contributed by atoms with Crippen LogP contribution in [0.15, 0.2) is 11.4 Å². The van der Waals surface area contributed by atoms with Crippen LogP contribution < -0.4 is 25.7 Å². The molecule has 3 aromatic heterocycles. The molecule has 0 aromatic carbocycles. The van der Waals surface area contributed by atoms with Crippen LogP contribution in [0.1, 0.15) is 81.2 Å². The summed E-state index contributed by atoms with van der Waals surface area (Å²) in [5.41, 5.74) is 10.9. The van der Waals surface area contributed by atoms with E-state index < -0.39 is 11.9 Å². The molecular weight excluding hydrogens is 501 g/mol. The third-order valence-corrected chi connectivity index (χ3v) is 8.44. The van der Waals surface area contributed by atoms with Gasteiger partial charge in [-0.1, -0.05) is 65.5 Å². The number of carbonyl (C=O) groups is 2. The fourth-order valence-electron chi connectivity index (χ4n) is 6.01. The van der Waals surface area contributed by atoms with Crippen molar-refractivity contribution in [1.29, 1.82) is 0 Å². The second-order valence-corrected chi connectivity index (χ2v) is 10.6. The number of rotatable bonds is 2. The van der Waals surface area contributed by atoms with E-state index in [0.717, 1.165) is 62.0 Å². The number of methoxy groups -OCH3 is 1. The van der Waals surface area contributed by atoms with Crippen molar-refractivity contribution in [1.82, 2.24) is 15.0 Å². The van der Waals surface area contributed by atoms with Crippen molar-refractivity contribution < 1.29 is 14.3 Å². The van der Waals surface area contributed by atoms with E-state index in [4.69, 9.17) is 25.0 Å². The maximum atomic E-state index is 13.7. The van der Waals surface area contributed by atoms with Crippen LogP contribution in [0.25, 0.3) is 29.1 Å². The van der Waals surface area contributed by atoms with Crippen LogP contribution in [0.5, 0.6) is 0 Å². The summed E-state index contributed by atoms with van der Waals surface area (Å²) >= 11 is 0. The Labute approximate surface area is 244 Å². The first-order valence-corrected chi connectivity index (χ1v) is 13.1. The van der Waals surface area contributed by atoms with Gasteiger partial charge in [-0.05, 0) is 46.5 Å². The Morgan fingerprint density at radius 2 is 1.56 bits per heavy atom. The van der Waals surface area contributed by atoms with E-state index in [0.29, 0.717) is 34.6 Å². The minimum Gasteiger partial charge on any atom is -0.664 e. The van der Waals surface area contributed by atoms with Gasteiger partial charge in [0, 0.05) is 5.56 Å². The Bertz CT molecular complexity index is 1740. The zero-order valence-corrected chi connectivity index (χ0v) is 24.9. The molecule has 0 radical (unpaired) electrons. The number of fused-ring (bicyclic) bond motifs is 7. The first kappa shape index (κ1) is 27.3. The van der Waals surface area contributed by atoms with Gasteiger partial charge in [0.05, 0.1) is 7.11 Å². The maximum absolute atomic E-state index is 13.7. The summed E-state index contributed by atoms with van der Waals surface area (Å²) in [5, 5.41) is 6.71. The first-order chi connectivity index (χ1) is 18.1. The van der Waals surface area contributed by atoms with Crippen molar-refractivity contribution in [3.05, 3.63) is 83.6 Å². The molecule has 2 aliphatic heterocycles. The van der Waals surface area contributed by atoms with Crippen molar-refractivity contribution in [3.8, 4) is 0 Å². The normalized spacial score (nSPS) is 24.2. The fourth-order valence-corrected chi connectivity index (χ4v) is 6.01. The van der Waals surface area contributed by atoms with Gasteiger partial charge >= 0.3 is 29.0 Å². The van der Waals surface area contributed by atoms with Gasteiger partial charge in [0.2, 0.25) is 0 Å². The molecule has 7 nitrogen and oxygen atoms in total. The molecule has 6 rings (SSSR count). The van der Waals surface area contributed by atoms with Gasteiger partial charge in [-0.2, -0.15) is 11.4 Å². The van der Waals surface area contributed by atoms with E-state index in [2.05, 4.69) is 40.7 Å². The van der Waals surface area contributed by atoms with E-state index in [1.54, 1.807) is 0 Å². The molecule has 196 valence electrons. The van der Waals surface area contributed by atoms with Gasteiger partial charge in [-0.25, -0.2) is 0 Å². The standard InChI is InChI=1S/C31H31N4O3.Mg/c1-8-18-16(5)22-11-21-15(4)14(3)20(33-21)10-19-13(2)9-25(32-19)27-28(31(37)38-7)30(36)26-17(6)23(35-29(26)27)12-24(18)34-22;/h10-13,28H,8-9H2,1-7H3,(H-,32,35,36);/q-3;+2/p-1/b19-10-,22-11-,24-12-;/t13-,28+;/m0./s1. The van der Waals surface area contributed by atoms with E-state index in [9.17, 15) is 9.59 Å². The molecule has 3 aliphatic rings. The molecule has 2 atom stereocenters. The van der Waals surface area contributed by atoms with Gasteiger partial charge in [0.25, 0.3) is 0 Å².